The smallest absolute Gasteiger partial charge is 0.0991 e. The first-order chi connectivity index (χ1) is 6.25. The molecular formula is C11H14N2. The summed E-state index contributed by atoms with van der Waals surface area (Å²) in [6.45, 7) is 4.47. The third-order valence-electron chi connectivity index (χ3n) is 2.12. The van der Waals surface area contributed by atoms with Gasteiger partial charge < -0.3 is 4.40 Å². The Hall–Kier alpha value is -1.31. The number of hydrogen-bond acceptors (Lipinski definition) is 1. The second-order valence-corrected chi connectivity index (χ2v) is 3.86. The molecule has 0 bridgehead atoms. The molecule has 0 amide bonds. The molecule has 0 aromatic carbocycles. The molecule has 0 radical (unpaired) electrons. The zero-order valence-electron chi connectivity index (χ0n) is 8.07. The molecule has 0 aliphatic heterocycles. The van der Waals surface area contributed by atoms with Crippen LogP contribution in [0.15, 0.2) is 30.9 Å². The highest BCUT2D eigenvalue weighted by Crippen LogP contribution is 2.10. The van der Waals surface area contributed by atoms with Gasteiger partial charge in [0.2, 0.25) is 0 Å². The van der Waals surface area contributed by atoms with Crippen molar-refractivity contribution in [2.45, 2.75) is 20.3 Å². The lowest BCUT2D eigenvalue weighted by molar-refractivity contribution is 0.647. The van der Waals surface area contributed by atoms with Gasteiger partial charge in [0.05, 0.1) is 18.0 Å². The minimum Gasteiger partial charge on any atom is -0.306 e. The van der Waals surface area contributed by atoms with Crippen molar-refractivity contribution in [1.82, 2.24) is 9.38 Å². The summed E-state index contributed by atoms with van der Waals surface area (Å²) in [6, 6.07) is 4.36. The van der Waals surface area contributed by atoms with Gasteiger partial charge in [-0.25, -0.2) is 4.98 Å². The number of rotatable bonds is 2. The van der Waals surface area contributed by atoms with Gasteiger partial charge in [0, 0.05) is 6.20 Å². The topological polar surface area (TPSA) is 17.3 Å². The highest BCUT2D eigenvalue weighted by molar-refractivity contribution is 5.46. The first-order valence-electron chi connectivity index (χ1n) is 4.66. The molecule has 2 aromatic rings. The number of pyridine rings is 1. The summed E-state index contributed by atoms with van der Waals surface area (Å²) in [5.41, 5.74) is 2.57. The summed E-state index contributed by atoms with van der Waals surface area (Å²) < 4.78 is 2.03. The summed E-state index contributed by atoms with van der Waals surface area (Å²) in [6.07, 6.45) is 6.93. The van der Waals surface area contributed by atoms with Crippen molar-refractivity contribution in [3.05, 3.63) is 36.4 Å². The SMILES string of the molecule is CC(C)Cc1ccn2cncc2c1. The Balaban J connectivity index is 2.37. The van der Waals surface area contributed by atoms with Crippen LogP contribution in [-0.2, 0) is 6.42 Å². The Morgan fingerprint density at radius 3 is 3.08 bits per heavy atom. The molecular weight excluding hydrogens is 160 g/mol. The Bertz CT molecular complexity index is 401. The van der Waals surface area contributed by atoms with Crippen LogP contribution in [0.2, 0.25) is 0 Å². The summed E-state index contributed by atoms with van der Waals surface area (Å²) in [5.74, 6) is 0.713. The minimum absolute atomic E-state index is 0.713. The molecule has 0 saturated heterocycles. The highest BCUT2D eigenvalue weighted by atomic mass is 15.0. The summed E-state index contributed by atoms with van der Waals surface area (Å²) in [7, 11) is 0. The van der Waals surface area contributed by atoms with Gasteiger partial charge in [-0.05, 0) is 30.0 Å². The highest BCUT2D eigenvalue weighted by Gasteiger charge is 1.99. The van der Waals surface area contributed by atoms with Crippen molar-refractivity contribution in [2.75, 3.05) is 0 Å². The Labute approximate surface area is 78.2 Å². The molecule has 0 unspecified atom stereocenters. The molecule has 2 rings (SSSR count). The van der Waals surface area contributed by atoms with Crippen LogP contribution in [-0.4, -0.2) is 9.38 Å². The minimum atomic E-state index is 0.713. The van der Waals surface area contributed by atoms with E-state index < -0.39 is 0 Å². The molecule has 2 heterocycles. The van der Waals surface area contributed by atoms with E-state index >= 15 is 0 Å². The van der Waals surface area contributed by atoms with Gasteiger partial charge in [-0.15, -0.1) is 0 Å². The van der Waals surface area contributed by atoms with Crippen molar-refractivity contribution in [2.24, 2.45) is 5.92 Å². The van der Waals surface area contributed by atoms with E-state index in [0.29, 0.717) is 5.92 Å². The maximum absolute atomic E-state index is 4.08. The van der Waals surface area contributed by atoms with E-state index in [1.807, 2.05) is 16.9 Å². The normalized spacial score (nSPS) is 11.3. The molecule has 0 N–H and O–H groups in total. The van der Waals surface area contributed by atoms with Crippen molar-refractivity contribution in [3.8, 4) is 0 Å². The van der Waals surface area contributed by atoms with E-state index in [2.05, 4.69) is 37.2 Å². The third kappa shape index (κ3) is 1.72. The molecule has 0 saturated carbocycles. The van der Waals surface area contributed by atoms with E-state index in [-0.39, 0.29) is 0 Å². The van der Waals surface area contributed by atoms with Crippen LogP contribution in [0, 0.1) is 5.92 Å². The van der Waals surface area contributed by atoms with Crippen molar-refractivity contribution in [1.29, 1.82) is 0 Å². The molecule has 2 heteroatoms. The van der Waals surface area contributed by atoms with Crippen LogP contribution >= 0.6 is 0 Å². The number of fused-ring (bicyclic) bond motifs is 1. The summed E-state index contributed by atoms with van der Waals surface area (Å²) in [5, 5.41) is 0. The number of aromatic nitrogens is 2. The molecule has 2 nitrogen and oxygen atoms in total. The van der Waals surface area contributed by atoms with Gasteiger partial charge in [0.25, 0.3) is 0 Å². The Morgan fingerprint density at radius 2 is 2.31 bits per heavy atom. The average Bonchev–Trinajstić information content (AvgIpc) is 2.49. The summed E-state index contributed by atoms with van der Waals surface area (Å²) in [4.78, 5) is 4.08. The monoisotopic (exact) mass is 174 g/mol. The molecule has 68 valence electrons. The quantitative estimate of drug-likeness (QED) is 0.684. The van der Waals surface area contributed by atoms with E-state index in [0.717, 1.165) is 6.42 Å². The van der Waals surface area contributed by atoms with Crippen LogP contribution < -0.4 is 0 Å². The lowest BCUT2D eigenvalue weighted by atomic mass is 10.0. The van der Waals surface area contributed by atoms with Crippen LogP contribution in [0.3, 0.4) is 0 Å². The van der Waals surface area contributed by atoms with Crippen LogP contribution in [0.25, 0.3) is 5.52 Å². The predicted octanol–water partition coefficient (Wildman–Crippen LogP) is 2.53. The molecule has 0 aliphatic carbocycles. The average molecular weight is 174 g/mol. The van der Waals surface area contributed by atoms with Gasteiger partial charge in [-0.2, -0.15) is 0 Å². The molecule has 13 heavy (non-hydrogen) atoms. The Morgan fingerprint density at radius 1 is 1.46 bits per heavy atom. The number of nitrogens with zero attached hydrogens (tertiary/aromatic N) is 2. The lowest BCUT2D eigenvalue weighted by Gasteiger charge is -2.04. The predicted molar refractivity (Wildman–Crippen MR) is 53.7 cm³/mol. The first-order valence-corrected chi connectivity index (χ1v) is 4.66. The van der Waals surface area contributed by atoms with Gasteiger partial charge in [0.1, 0.15) is 0 Å². The largest absolute Gasteiger partial charge is 0.306 e. The van der Waals surface area contributed by atoms with E-state index in [1.165, 1.54) is 11.1 Å². The fourth-order valence-electron chi connectivity index (χ4n) is 1.56. The second-order valence-electron chi connectivity index (χ2n) is 3.86. The molecule has 2 aromatic heterocycles. The van der Waals surface area contributed by atoms with Crippen molar-refractivity contribution >= 4 is 5.52 Å². The van der Waals surface area contributed by atoms with Gasteiger partial charge >= 0.3 is 0 Å². The number of imidazole rings is 1. The van der Waals surface area contributed by atoms with E-state index in [9.17, 15) is 0 Å². The van der Waals surface area contributed by atoms with E-state index in [4.69, 9.17) is 0 Å². The molecule has 0 spiro atoms. The Kier molecular flexibility index (Phi) is 2.05. The van der Waals surface area contributed by atoms with Gasteiger partial charge in [0.15, 0.2) is 0 Å². The van der Waals surface area contributed by atoms with Crippen molar-refractivity contribution < 1.29 is 0 Å². The lowest BCUT2D eigenvalue weighted by Crippen LogP contribution is -1.94. The molecule has 0 aliphatic rings. The number of hydrogen-bond donors (Lipinski definition) is 0. The zero-order valence-corrected chi connectivity index (χ0v) is 8.07. The van der Waals surface area contributed by atoms with Crippen LogP contribution in [0.4, 0.5) is 0 Å². The van der Waals surface area contributed by atoms with Crippen LogP contribution in [0.1, 0.15) is 19.4 Å². The third-order valence-corrected chi connectivity index (χ3v) is 2.12. The molecule has 0 atom stereocenters. The maximum atomic E-state index is 4.08. The van der Waals surface area contributed by atoms with Crippen LogP contribution in [0.5, 0.6) is 0 Å². The second kappa shape index (κ2) is 3.21. The maximum Gasteiger partial charge on any atom is 0.0991 e. The van der Waals surface area contributed by atoms with E-state index in [1.54, 1.807) is 0 Å². The summed E-state index contributed by atoms with van der Waals surface area (Å²) >= 11 is 0. The fourth-order valence-corrected chi connectivity index (χ4v) is 1.56. The first kappa shape index (κ1) is 8.30. The van der Waals surface area contributed by atoms with Gasteiger partial charge in [-0.1, -0.05) is 13.8 Å². The van der Waals surface area contributed by atoms with Gasteiger partial charge in [-0.3, -0.25) is 0 Å². The standard InChI is InChI=1S/C11H14N2/c1-9(2)5-10-3-4-13-8-12-7-11(13)6-10/h3-4,6-9H,5H2,1-2H3. The fraction of sp³-hybridized carbons (Fsp3) is 0.364. The molecule has 0 fully saturated rings. The van der Waals surface area contributed by atoms with Crippen molar-refractivity contribution in [3.63, 3.8) is 0 Å². The zero-order chi connectivity index (χ0) is 9.26.